The third-order valence-corrected chi connectivity index (χ3v) is 4.49. The lowest BCUT2D eigenvalue weighted by Crippen LogP contribution is -2.28. The van der Waals surface area contributed by atoms with Gasteiger partial charge in [-0.1, -0.05) is 36.0 Å². The molecule has 0 aromatic heterocycles. The number of nitro benzene ring substituents is 1. The highest BCUT2D eigenvalue weighted by Crippen LogP contribution is 2.22. The van der Waals surface area contributed by atoms with Crippen molar-refractivity contribution in [1.29, 1.82) is 0 Å². The minimum absolute atomic E-state index is 0.0371. The normalized spacial score (nSPS) is 16.0. The van der Waals surface area contributed by atoms with E-state index >= 15 is 0 Å². The quantitative estimate of drug-likeness (QED) is 0.458. The molecule has 1 fully saturated rings. The Morgan fingerprint density at radius 3 is 2.77 bits per heavy atom. The monoisotopic (exact) mass is 372 g/mol. The molecule has 1 heterocycles. The minimum Gasteiger partial charge on any atom is -0.285 e. The fourth-order valence-corrected chi connectivity index (χ4v) is 3.10. The van der Waals surface area contributed by atoms with Gasteiger partial charge in [-0.2, -0.15) is 5.10 Å². The SMILES string of the molecule is O=C1CS/C(=N\N=C/c2cccc([N+](=O)[O-])c2)N1Cc1ccc(F)cc1. The van der Waals surface area contributed by atoms with Gasteiger partial charge in [0.1, 0.15) is 5.82 Å². The predicted octanol–water partition coefficient (Wildman–Crippen LogP) is 3.20. The van der Waals surface area contributed by atoms with Crippen molar-refractivity contribution in [2.75, 3.05) is 5.75 Å². The summed E-state index contributed by atoms with van der Waals surface area (Å²) in [5.74, 6) is -0.193. The Morgan fingerprint density at radius 1 is 1.27 bits per heavy atom. The van der Waals surface area contributed by atoms with Crippen molar-refractivity contribution in [3.8, 4) is 0 Å². The first-order valence-corrected chi connectivity index (χ1v) is 8.54. The van der Waals surface area contributed by atoms with Crippen molar-refractivity contribution in [3.05, 3.63) is 75.6 Å². The van der Waals surface area contributed by atoms with Gasteiger partial charge in [0.05, 0.1) is 23.4 Å². The van der Waals surface area contributed by atoms with Crippen LogP contribution in [0.4, 0.5) is 10.1 Å². The molecule has 1 amide bonds. The van der Waals surface area contributed by atoms with Crippen LogP contribution in [0.15, 0.2) is 58.7 Å². The van der Waals surface area contributed by atoms with E-state index in [1.807, 2.05) is 0 Å². The molecule has 0 N–H and O–H groups in total. The highest BCUT2D eigenvalue weighted by atomic mass is 32.2. The molecule has 0 saturated carbocycles. The summed E-state index contributed by atoms with van der Waals surface area (Å²) in [6.45, 7) is 0.275. The molecule has 132 valence electrons. The number of amides is 1. The lowest BCUT2D eigenvalue weighted by Gasteiger charge is -2.15. The number of nitrogens with zero attached hydrogens (tertiary/aromatic N) is 4. The minimum atomic E-state index is -0.487. The lowest BCUT2D eigenvalue weighted by molar-refractivity contribution is -0.384. The van der Waals surface area contributed by atoms with Crippen molar-refractivity contribution in [1.82, 2.24) is 4.90 Å². The van der Waals surface area contributed by atoms with Gasteiger partial charge in [-0.05, 0) is 17.7 Å². The van der Waals surface area contributed by atoms with E-state index in [9.17, 15) is 19.3 Å². The van der Waals surface area contributed by atoms with Gasteiger partial charge in [0.2, 0.25) is 5.91 Å². The Kier molecular flexibility index (Phi) is 5.37. The number of rotatable bonds is 5. The second kappa shape index (κ2) is 7.87. The molecule has 0 unspecified atom stereocenters. The van der Waals surface area contributed by atoms with Crippen LogP contribution in [0.2, 0.25) is 0 Å². The first-order valence-electron chi connectivity index (χ1n) is 7.56. The number of halogens is 1. The Labute approximate surface area is 152 Å². The van der Waals surface area contributed by atoms with Gasteiger partial charge in [0.15, 0.2) is 5.17 Å². The van der Waals surface area contributed by atoms with Gasteiger partial charge in [-0.3, -0.25) is 19.8 Å². The molecule has 26 heavy (non-hydrogen) atoms. The third kappa shape index (κ3) is 4.31. The van der Waals surface area contributed by atoms with Crippen molar-refractivity contribution in [2.45, 2.75) is 6.54 Å². The maximum absolute atomic E-state index is 13.0. The van der Waals surface area contributed by atoms with Crippen LogP contribution in [0, 0.1) is 15.9 Å². The molecule has 1 aliphatic heterocycles. The van der Waals surface area contributed by atoms with Crippen LogP contribution in [-0.2, 0) is 11.3 Å². The maximum Gasteiger partial charge on any atom is 0.270 e. The number of benzene rings is 2. The van der Waals surface area contributed by atoms with E-state index < -0.39 is 4.92 Å². The molecule has 9 heteroatoms. The summed E-state index contributed by atoms with van der Waals surface area (Å²) in [6, 6.07) is 11.9. The van der Waals surface area contributed by atoms with Gasteiger partial charge in [-0.15, -0.1) is 5.10 Å². The molecule has 1 aliphatic rings. The number of carbonyl (C=O) groups is 1. The molecule has 2 aromatic rings. The number of hydrogen-bond acceptors (Lipinski definition) is 6. The molecule has 1 saturated heterocycles. The van der Waals surface area contributed by atoms with Gasteiger partial charge < -0.3 is 0 Å². The van der Waals surface area contributed by atoms with Crippen molar-refractivity contribution in [3.63, 3.8) is 0 Å². The molecule has 2 aromatic carbocycles. The molecular formula is C17H13FN4O3S. The number of carbonyl (C=O) groups excluding carboxylic acids is 1. The fourth-order valence-electron chi connectivity index (χ4n) is 2.26. The average molecular weight is 372 g/mol. The zero-order valence-electron chi connectivity index (χ0n) is 13.4. The van der Waals surface area contributed by atoms with Crippen LogP contribution < -0.4 is 0 Å². The maximum atomic E-state index is 13.0. The summed E-state index contributed by atoms with van der Waals surface area (Å²) < 4.78 is 13.0. The van der Waals surface area contributed by atoms with Crippen LogP contribution in [0.3, 0.4) is 0 Å². The van der Waals surface area contributed by atoms with E-state index in [-0.39, 0.29) is 29.7 Å². The van der Waals surface area contributed by atoms with Crippen LogP contribution in [0.25, 0.3) is 0 Å². The zero-order chi connectivity index (χ0) is 18.5. The second-order valence-electron chi connectivity index (χ2n) is 5.37. The second-order valence-corrected chi connectivity index (χ2v) is 6.32. The molecular weight excluding hydrogens is 359 g/mol. The van der Waals surface area contributed by atoms with E-state index in [4.69, 9.17) is 0 Å². The molecule has 0 radical (unpaired) electrons. The van der Waals surface area contributed by atoms with Gasteiger partial charge in [0.25, 0.3) is 5.69 Å². The van der Waals surface area contributed by atoms with Crippen LogP contribution in [0.1, 0.15) is 11.1 Å². The van der Waals surface area contributed by atoms with E-state index in [0.29, 0.717) is 10.7 Å². The zero-order valence-corrected chi connectivity index (χ0v) is 14.2. The lowest BCUT2D eigenvalue weighted by atomic mass is 10.2. The molecule has 0 aliphatic carbocycles. The largest absolute Gasteiger partial charge is 0.285 e. The van der Waals surface area contributed by atoms with Crippen LogP contribution >= 0.6 is 11.8 Å². The number of thioether (sulfide) groups is 1. The van der Waals surface area contributed by atoms with Crippen LogP contribution in [0.5, 0.6) is 0 Å². The average Bonchev–Trinajstić information content (AvgIpc) is 2.97. The first-order chi connectivity index (χ1) is 12.5. The number of hydrogen-bond donors (Lipinski definition) is 0. The summed E-state index contributed by atoms with van der Waals surface area (Å²) in [6.07, 6.45) is 1.39. The van der Waals surface area contributed by atoms with Crippen molar-refractivity contribution >= 4 is 34.7 Å². The summed E-state index contributed by atoms with van der Waals surface area (Å²) in [7, 11) is 0. The molecule has 0 atom stereocenters. The number of non-ortho nitro benzene ring substituents is 1. The van der Waals surface area contributed by atoms with E-state index in [2.05, 4.69) is 10.2 Å². The summed E-state index contributed by atoms with van der Waals surface area (Å²) in [5, 5.41) is 19.2. The standard InChI is InChI=1S/C17H13FN4O3S/c18-14-6-4-12(5-7-14)10-21-16(23)11-26-17(21)20-19-9-13-2-1-3-15(8-13)22(24)25/h1-9H,10-11H2/b19-9-,20-17-. The van der Waals surface area contributed by atoms with E-state index in [0.717, 1.165) is 5.56 Å². The Hall–Kier alpha value is -3.07. The van der Waals surface area contributed by atoms with Crippen molar-refractivity contribution < 1.29 is 14.1 Å². The molecule has 0 bridgehead atoms. The molecule has 7 nitrogen and oxygen atoms in total. The van der Waals surface area contributed by atoms with Crippen molar-refractivity contribution in [2.24, 2.45) is 10.2 Å². The van der Waals surface area contributed by atoms with Gasteiger partial charge in [-0.25, -0.2) is 4.39 Å². The third-order valence-electron chi connectivity index (χ3n) is 3.54. The summed E-state index contributed by atoms with van der Waals surface area (Å²) in [4.78, 5) is 23.8. The Balaban J connectivity index is 1.74. The smallest absolute Gasteiger partial charge is 0.270 e. The molecule has 3 rings (SSSR count). The first kappa shape index (κ1) is 17.7. The van der Waals surface area contributed by atoms with Crippen LogP contribution in [-0.4, -0.2) is 32.9 Å². The van der Waals surface area contributed by atoms with E-state index in [1.165, 1.54) is 47.1 Å². The number of nitro groups is 1. The summed E-state index contributed by atoms with van der Waals surface area (Å²) in [5.41, 5.74) is 1.27. The highest BCUT2D eigenvalue weighted by Gasteiger charge is 2.28. The Bertz CT molecular complexity index is 899. The highest BCUT2D eigenvalue weighted by molar-refractivity contribution is 8.15. The molecule has 0 spiro atoms. The fraction of sp³-hybridized carbons (Fsp3) is 0.118. The number of amidine groups is 1. The summed E-state index contributed by atoms with van der Waals surface area (Å²) >= 11 is 1.25. The van der Waals surface area contributed by atoms with E-state index in [1.54, 1.807) is 24.3 Å². The Morgan fingerprint density at radius 2 is 2.04 bits per heavy atom. The predicted molar refractivity (Wildman–Crippen MR) is 97.5 cm³/mol. The van der Waals surface area contributed by atoms with Gasteiger partial charge in [0, 0.05) is 17.7 Å². The van der Waals surface area contributed by atoms with Gasteiger partial charge >= 0.3 is 0 Å². The topological polar surface area (TPSA) is 88.2 Å².